The van der Waals surface area contributed by atoms with Crippen molar-refractivity contribution in [3.8, 4) is 0 Å². The van der Waals surface area contributed by atoms with Gasteiger partial charge in [0.05, 0.1) is 0 Å². The van der Waals surface area contributed by atoms with Crippen molar-refractivity contribution in [3.63, 3.8) is 0 Å². The van der Waals surface area contributed by atoms with Gasteiger partial charge in [-0.3, -0.25) is 9.59 Å². The lowest BCUT2D eigenvalue weighted by molar-refractivity contribution is -0.129. The SMILES string of the molecule is CC(=O)N(CCCc1ccccc1)CCC(=O)NCc1ccc(Cl)cc1. The number of amides is 2. The zero-order chi connectivity index (χ0) is 18.8. The molecule has 0 fully saturated rings. The summed E-state index contributed by atoms with van der Waals surface area (Å²) in [6.07, 6.45) is 2.11. The van der Waals surface area contributed by atoms with Crippen LogP contribution in [0.4, 0.5) is 0 Å². The van der Waals surface area contributed by atoms with Crippen molar-refractivity contribution in [2.75, 3.05) is 13.1 Å². The van der Waals surface area contributed by atoms with E-state index in [0.29, 0.717) is 31.1 Å². The molecule has 1 N–H and O–H groups in total. The molecule has 26 heavy (non-hydrogen) atoms. The van der Waals surface area contributed by atoms with Gasteiger partial charge in [0.1, 0.15) is 0 Å². The Balaban J connectivity index is 1.70. The van der Waals surface area contributed by atoms with Crippen molar-refractivity contribution in [3.05, 3.63) is 70.7 Å². The molecule has 5 heteroatoms. The van der Waals surface area contributed by atoms with Gasteiger partial charge in [0.2, 0.25) is 11.8 Å². The van der Waals surface area contributed by atoms with Crippen LogP contribution >= 0.6 is 11.6 Å². The Kier molecular flexibility index (Phi) is 8.16. The predicted octanol–water partition coefficient (Wildman–Crippen LogP) is 3.83. The molecule has 0 aromatic heterocycles. The summed E-state index contributed by atoms with van der Waals surface area (Å²) in [5.41, 5.74) is 2.26. The summed E-state index contributed by atoms with van der Waals surface area (Å²) >= 11 is 5.84. The van der Waals surface area contributed by atoms with E-state index in [-0.39, 0.29) is 11.8 Å². The van der Waals surface area contributed by atoms with E-state index in [1.165, 1.54) is 5.56 Å². The van der Waals surface area contributed by atoms with E-state index < -0.39 is 0 Å². The molecule has 0 aliphatic rings. The highest BCUT2D eigenvalue weighted by Gasteiger charge is 2.11. The Labute approximate surface area is 160 Å². The van der Waals surface area contributed by atoms with Crippen molar-refractivity contribution in [1.29, 1.82) is 0 Å². The Morgan fingerprint density at radius 3 is 2.31 bits per heavy atom. The van der Waals surface area contributed by atoms with Crippen LogP contribution in [0.5, 0.6) is 0 Å². The summed E-state index contributed by atoms with van der Waals surface area (Å²) in [5, 5.41) is 3.55. The molecule has 0 bridgehead atoms. The van der Waals surface area contributed by atoms with Crippen LogP contribution in [0, 0.1) is 0 Å². The normalized spacial score (nSPS) is 10.4. The molecule has 2 rings (SSSR count). The van der Waals surface area contributed by atoms with Crippen LogP contribution in [0.15, 0.2) is 54.6 Å². The molecule has 2 aromatic rings. The van der Waals surface area contributed by atoms with Gasteiger partial charge >= 0.3 is 0 Å². The summed E-state index contributed by atoms with van der Waals surface area (Å²) in [6.45, 7) is 3.11. The van der Waals surface area contributed by atoms with Crippen LogP contribution in [0.25, 0.3) is 0 Å². The van der Waals surface area contributed by atoms with E-state index in [2.05, 4.69) is 17.4 Å². The number of hydrogen-bond acceptors (Lipinski definition) is 2. The third kappa shape index (κ3) is 7.28. The summed E-state index contributed by atoms with van der Waals surface area (Å²) in [5.74, 6) is -0.0576. The standard InChI is InChI=1S/C21H25ClN2O2/c1-17(25)24(14-5-8-18-6-3-2-4-7-18)15-13-21(26)23-16-19-9-11-20(22)12-10-19/h2-4,6-7,9-12H,5,8,13-16H2,1H3,(H,23,26). The van der Waals surface area contributed by atoms with Crippen LogP contribution < -0.4 is 5.32 Å². The lowest BCUT2D eigenvalue weighted by atomic mass is 10.1. The van der Waals surface area contributed by atoms with Crippen LogP contribution in [0.1, 0.15) is 30.9 Å². The third-order valence-corrected chi connectivity index (χ3v) is 4.45. The van der Waals surface area contributed by atoms with Gasteiger partial charge in [-0.25, -0.2) is 0 Å². The van der Waals surface area contributed by atoms with Gasteiger partial charge in [-0.15, -0.1) is 0 Å². The number of hydrogen-bond donors (Lipinski definition) is 1. The highest BCUT2D eigenvalue weighted by molar-refractivity contribution is 6.30. The molecule has 0 radical (unpaired) electrons. The number of carbonyl (C=O) groups is 2. The summed E-state index contributed by atoms with van der Waals surface area (Å²) in [4.78, 5) is 25.6. The molecule has 0 aliphatic heterocycles. The molecule has 0 saturated heterocycles. The Bertz CT molecular complexity index is 702. The Morgan fingerprint density at radius 1 is 0.962 bits per heavy atom. The van der Waals surface area contributed by atoms with E-state index in [1.54, 1.807) is 24.0 Å². The fourth-order valence-electron chi connectivity index (χ4n) is 2.67. The van der Waals surface area contributed by atoms with Crippen LogP contribution in [0.2, 0.25) is 5.02 Å². The molecule has 0 atom stereocenters. The van der Waals surface area contributed by atoms with Crippen LogP contribution in [0.3, 0.4) is 0 Å². The number of benzene rings is 2. The van der Waals surface area contributed by atoms with E-state index in [1.807, 2.05) is 30.3 Å². The third-order valence-electron chi connectivity index (χ3n) is 4.19. The van der Waals surface area contributed by atoms with Gasteiger partial charge in [0, 0.05) is 38.0 Å². The number of halogens is 1. The summed E-state index contributed by atoms with van der Waals surface area (Å²) in [6, 6.07) is 17.6. The highest BCUT2D eigenvalue weighted by atomic mass is 35.5. The zero-order valence-corrected chi connectivity index (χ0v) is 15.8. The van der Waals surface area contributed by atoms with Crippen molar-refractivity contribution >= 4 is 23.4 Å². The van der Waals surface area contributed by atoms with Crippen LogP contribution in [-0.2, 0) is 22.6 Å². The number of aryl methyl sites for hydroxylation is 1. The minimum Gasteiger partial charge on any atom is -0.352 e. The second-order valence-electron chi connectivity index (χ2n) is 6.25. The monoisotopic (exact) mass is 372 g/mol. The van der Waals surface area contributed by atoms with Gasteiger partial charge in [-0.05, 0) is 36.1 Å². The molecule has 2 amide bonds. The van der Waals surface area contributed by atoms with Crippen LogP contribution in [-0.4, -0.2) is 29.8 Å². The highest BCUT2D eigenvalue weighted by Crippen LogP contribution is 2.09. The molecule has 0 aliphatic carbocycles. The first-order chi connectivity index (χ1) is 12.5. The average molecular weight is 373 g/mol. The number of rotatable bonds is 9. The zero-order valence-electron chi connectivity index (χ0n) is 15.1. The first-order valence-corrected chi connectivity index (χ1v) is 9.23. The maximum absolute atomic E-state index is 12.0. The maximum Gasteiger partial charge on any atom is 0.222 e. The molecule has 4 nitrogen and oxygen atoms in total. The van der Waals surface area contributed by atoms with Crippen molar-refractivity contribution in [1.82, 2.24) is 10.2 Å². The molecule has 0 spiro atoms. The van der Waals surface area contributed by atoms with E-state index in [4.69, 9.17) is 11.6 Å². The topological polar surface area (TPSA) is 49.4 Å². The number of nitrogens with one attached hydrogen (secondary N) is 1. The number of nitrogens with zero attached hydrogens (tertiary/aromatic N) is 1. The molecule has 0 unspecified atom stereocenters. The lowest BCUT2D eigenvalue weighted by Crippen LogP contribution is -2.34. The molecule has 2 aromatic carbocycles. The second-order valence-corrected chi connectivity index (χ2v) is 6.68. The predicted molar refractivity (Wildman–Crippen MR) is 105 cm³/mol. The first-order valence-electron chi connectivity index (χ1n) is 8.85. The fraction of sp³-hybridized carbons (Fsp3) is 0.333. The summed E-state index contributed by atoms with van der Waals surface area (Å²) in [7, 11) is 0. The Morgan fingerprint density at radius 2 is 1.65 bits per heavy atom. The fourth-order valence-corrected chi connectivity index (χ4v) is 2.80. The van der Waals surface area contributed by atoms with Crippen molar-refractivity contribution in [2.45, 2.75) is 32.7 Å². The Hall–Kier alpha value is -2.33. The minimum atomic E-state index is -0.0609. The maximum atomic E-state index is 12.0. The lowest BCUT2D eigenvalue weighted by Gasteiger charge is -2.20. The number of carbonyl (C=O) groups excluding carboxylic acids is 2. The van der Waals surface area contributed by atoms with Gasteiger partial charge in [0.15, 0.2) is 0 Å². The molecular weight excluding hydrogens is 348 g/mol. The van der Waals surface area contributed by atoms with Gasteiger partial charge < -0.3 is 10.2 Å². The van der Waals surface area contributed by atoms with Crippen molar-refractivity contribution in [2.24, 2.45) is 0 Å². The molecule has 138 valence electrons. The van der Waals surface area contributed by atoms with Gasteiger partial charge in [-0.2, -0.15) is 0 Å². The van der Waals surface area contributed by atoms with E-state index >= 15 is 0 Å². The van der Waals surface area contributed by atoms with E-state index in [0.717, 1.165) is 18.4 Å². The smallest absolute Gasteiger partial charge is 0.222 e. The summed E-state index contributed by atoms with van der Waals surface area (Å²) < 4.78 is 0. The van der Waals surface area contributed by atoms with Gasteiger partial charge in [-0.1, -0.05) is 54.1 Å². The minimum absolute atomic E-state index is 0.00330. The second kappa shape index (κ2) is 10.6. The van der Waals surface area contributed by atoms with E-state index in [9.17, 15) is 9.59 Å². The first kappa shape index (κ1) is 20.0. The largest absolute Gasteiger partial charge is 0.352 e. The average Bonchev–Trinajstić information content (AvgIpc) is 2.64. The molecular formula is C21H25ClN2O2. The quantitative estimate of drug-likeness (QED) is 0.727. The van der Waals surface area contributed by atoms with Gasteiger partial charge in [0.25, 0.3) is 0 Å². The molecule has 0 saturated carbocycles. The van der Waals surface area contributed by atoms with Crippen molar-refractivity contribution < 1.29 is 9.59 Å². The molecule has 0 heterocycles.